The summed E-state index contributed by atoms with van der Waals surface area (Å²) in [5, 5.41) is 5.28. The Kier molecular flexibility index (Phi) is 9.80. The third-order valence-electron chi connectivity index (χ3n) is 5.63. The third kappa shape index (κ3) is 9.41. The van der Waals surface area contributed by atoms with Gasteiger partial charge >= 0.3 is 0 Å². The largest absolute Gasteiger partial charge is 0.359 e. The van der Waals surface area contributed by atoms with Crippen LogP contribution in [-0.4, -0.2) is 55.6 Å². The van der Waals surface area contributed by atoms with Gasteiger partial charge in [-0.25, -0.2) is 0 Å². The van der Waals surface area contributed by atoms with Crippen LogP contribution in [0, 0.1) is 10.8 Å². The minimum absolute atomic E-state index is 0.0105. The van der Waals surface area contributed by atoms with E-state index in [4.69, 9.17) is 0 Å². The number of carbonyl (C=O) groups excluding carboxylic acids is 4. The summed E-state index contributed by atoms with van der Waals surface area (Å²) in [4.78, 5) is 50.2. The molecular formula is C22H39N3O4. The number of likely N-dealkylation sites (tertiary alicyclic amines) is 1. The van der Waals surface area contributed by atoms with Crippen LogP contribution in [0.5, 0.6) is 0 Å². The van der Waals surface area contributed by atoms with Gasteiger partial charge in [-0.1, -0.05) is 20.8 Å². The number of nitrogens with one attached hydrogen (secondary N) is 2. The van der Waals surface area contributed by atoms with Gasteiger partial charge in [0.1, 0.15) is 5.78 Å². The molecule has 1 aliphatic heterocycles. The fourth-order valence-corrected chi connectivity index (χ4v) is 3.94. The molecule has 166 valence electrons. The van der Waals surface area contributed by atoms with Crippen LogP contribution in [0.1, 0.15) is 78.6 Å². The number of rotatable bonds is 10. The summed E-state index contributed by atoms with van der Waals surface area (Å²) in [6.45, 7) is 7.29. The van der Waals surface area contributed by atoms with E-state index in [1.807, 2.05) is 4.90 Å². The number of amides is 3. The highest BCUT2D eigenvalue weighted by Gasteiger charge is 2.39. The van der Waals surface area contributed by atoms with Gasteiger partial charge in [0.2, 0.25) is 17.7 Å². The Morgan fingerprint density at radius 2 is 1.34 bits per heavy atom. The molecule has 0 unspecified atom stereocenters. The predicted molar refractivity (Wildman–Crippen MR) is 113 cm³/mol. The topological polar surface area (TPSA) is 95.6 Å². The number of ketones is 1. The zero-order valence-electron chi connectivity index (χ0n) is 18.9. The van der Waals surface area contributed by atoms with Crippen LogP contribution in [0.2, 0.25) is 0 Å². The van der Waals surface area contributed by atoms with E-state index in [1.165, 1.54) is 0 Å². The van der Waals surface area contributed by atoms with Crippen LogP contribution in [0.3, 0.4) is 0 Å². The van der Waals surface area contributed by atoms with E-state index < -0.39 is 5.41 Å². The average molecular weight is 410 g/mol. The SMILES string of the molecule is CNC(=O)CC1(CC(=O)NC)CCN(C(=O)CCCCC(=O)CC(C)(C)C)CC1. The molecule has 1 heterocycles. The zero-order valence-corrected chi connectivity index (χ0v) is 18.9. The monoisotopic (exact) mass is 409 g/mol. The molecule has 0 spiro atoms. The average Bonchev–Trinajstić information content (AvgIpc) is 2.64. The molecule has 3 amide bonds. The minimum atomic E-state index is -0.393. The maximum absolute atomic E-state index is 12.5. The predicted octanol–water partition coefficient (Wildman–Crippen LogP) is 2.43. The van der Waals surface area contributed by atoms with Crippen molar-refractivity contribution in [3.05, 3.63) is 0 Å². The molecule has 7 heteroatoms. The summed E-state index contributed by atoms with van der Waals surface area (Å²) in [5.41, 5.74) is -0.382. The molecule has 0 aliphatic carbocycles. The van der Waals surface area contributed by atoms with Crippen molar-refractivity contribution in [1.29, 1.82) is 0 Å². The first kappa shape index (κ1) is 25.1. The molecule has 7 nitrogen and oxygen atoms in total. The van der Waals surface area contributed by atoms with Crippen molar-refractivity contribution < 1.29 is 19.2 Å². The molecule has 1 saturated heterocycles. The lowest BCUT2D eigenvalue weighted by Crippen LogP contribution is -2.46. The molecule has 0 aromatic rings. The lowest BCUT2D eigenvalue weighted by molar-refractivity contribution is -0.135. The number of carbonyl (C=O) groups is 4. The molecule has 0 bridgehead atoms. The summed E-state index contributed by atoms with van der Waals surface area (Å²) < 4.78 is 0. The highest BCUT2D eigenvalue weighted by molar-refractivity contribution is 5.81. The minimum Gasteiger partial charge on any atom is -0.359 e. The van der Waals surface area contributed by atoms with Crippen molar-refractivity contribution in [2.45, 2.75) is 78.6 Å². The smallest absolute Gasteiger partial charge is 0.222 e. The van der Waals surface area contributed by atoms with Crippen LogP contribution < -0.4 is 10.6 Å². The number of unbranched alkanes of at least 4 members (excludes halogenated alkanes) is 1. The number of piperidine rings is 1. The molecule has 0 aromatic carbocycles. The molecule has 1 fully saturated rings. The van der Waals surface area contributed by atoms with Crippen LogP contribution in [0.25, 0.3) is 0 Å². The fourth-order valence-electron chi connectivity index (χ4n) is 3.94. The molecule has 29 heavy (non-hydrogen) atoms. The van der Waals surface area contributed by atoms with Gasteiger partial charge in [-0.15, -0.1) is 0 Å². The lowest BCUT2D eigenvalue weighted by Gasteiger charge is -2.41. The van der Waals surface area contributed by atoms with Gasteiger partial charge in [-0.2, -0.15) is 0 Å². The van der Waals surface area contributed by atoms with Crippen molar-refractivity contribution in [3.63, 3.8) is 0 Å². The second-order valence-electron chi connectivity index (χ2n) is 9.56. The normalized spacial score (nSPS) is 16.2. The van der Waals surface area contributed by atoms with Crippen molar-refractivity contribution in [1.82, 2.24) is 15.5 Å². The van der Waals surface area contributed by atoms with Gasteiger partial charge in [0, 0.05) is 59.3 Å². The van der Waals surface area contributed by atoms with Gasteiger partial charge in [-0.3, -0.25) is 19.2 Å². The van der Waals surface area contributed by atoms with Gasteiger partial charge in [0.05, 0.1) is 0 Å². The lowest BCUT2D eigenvalue weighted by atomic mass is 9.72. The van der Waals surface area contributed by atoms with Gasteiger partial charge in [0.15, 0.2) is 0 Å². The molecule has 0 radical (unpaired) electrons. The van der Waals surface area contributed by atoms with Gasteiger partial charge < -0.3 is 15.5 Å². The first-order chi connectivity index (χ1) is 13.5. The van der Waals surface area contributed by atoms with E-state index in [0.29, 0.717) is 64.5 Å². The van der Waals surface area contributed by atoms with Crippen LogP contribution >= 0.6 is 0 Å². The molecular weight excluding hydrogens is 370 g/mol. The van der Waals surface area contributed by atoms with Crippen molar-refractivity contribution >= 4 is 23.5 Å². The number of hydrogen-bond donors (Lipinski definition) is 2. The third-order valence-corrected chi connectivity index (χ3v) is 5.63. The summed E-state index contributed by atoms with van der Waals surface area (Å²) in [5.74, 6) is 0.208. The van der Waals surface area contributed by atoms with Gasteiger partial charge in [0.25, 0.3) is 0 Å². The fraction of sp³-hybridized carbons (Fsp3) is 0.818. The van der Waals surface area contributed by atoms with Crippen molar-refractivity contribution in [3.8, 4) is 0 Å². The Morgan fingerprint density at radius 1 is 0.862 bits per heavy atom. The molecule has 1 aliphatic rings. The van der Waals surface area contributed by atoms with Crippen LogP contribution in [0.15, 0.2) is 0 Å². The van der Waals surface area contributed by atoms with Crippen LogP contribution in [0.4, 0.5) is 0 Å². The summed E-state index contributed by atoms with van der Waals surface area (Å²) in [6, 6.07) is 0. The van der Waals surface area contributed by atoms with Crippen molar-refractivity contribution in [2.24, 2.45) is 10.8 Å². The number of nitrogens with zero attached hydrogens (tertiary/aromatic N) is 1. The Hall–Kier alpha value is -1.92. The highest BCUT2D eigenvalue weighted by atomic mass is 16.2. The second-order valence-corrected chi connectivity index (χ2v) is 9.56. The van der Waals surface area contributed by atoms with Crippen molar-refractivity contribution in [2.75, 3.05) is 27.2 Å². The number of hydrogen-bond acceptors (Lipinski definition) is 4. The van der Waals surface area contributed by atoms with Crippen LogP contribution in [-0.2, 0) is 19.2 Å². The Labute approximate surface area is 175 Å². The first-order valence-corrected chi connectivity index (χ1v) is 10.7. The van der Waals surface area contributed by atoms with E-state index >= 15 is 0 Å². The Morgan fingerprint density at radius 3 is 1.79 bits per heavy atom. The van der Waals surface area contributed by atoms with E-state index in [-0.39, 0.29) is 28.9 Å². The number of Topliss-reactive ketones (excluding diaryl/α,β-unsaturated/α-hetero) is 1. The summed E-state index contributed by atoms with van der Waals surface area (Å²) in [7, 11) is 3.20. The van der Waals surface area contributed by atoms with E-state index in [9.17, 15) is 19.2 Å². The van der Waals surface area contributed by atoms with E-state index in [1.54, 1.807) is 14.1 Å². The van der Waals surface area contributed by atoms with Gasteiger partial charge in [-0.05, 0) is 36.5 Å². The molecule has 0 aromatic heterocycles. The van der Waals surface area contributed by atoms with E-state index in [2.05, 4.69) is 31.4 Å². The first-order valence-electron chi connectivity index (χ1n) is 10.7. The quantitative estimate of drug-likeness (QED) is 0.542. The molecule has 0 saturated carbocycles. The van der Waals surface area contributed by atoms with E-state index in [0.717, 1.165) is 6.42 Å². The highest BCUT2D eigenvalue weighted by Crippen LogP contribution is 2.38. The summed E-state index contributed by atoms with van der Waals surface area (Å²) >= 11 is 0. The standard InChI is InChI=1S/C22H39N3O4/c1-21(2,3)14-17(26)8-6-7-9-20(29)25-12-10-22(11-13-25,15-18(27)23-4)16-19(28)24-5/h6-16H2,1-5H3,(H,23,27)(H,24,28). The second kappa shape index (κ2) is 11.3. The molecule has 1 rings (SSSR count). The molecule has 2 N–H and O–H groups in total. The Bertz CT molecular complexity index is 567. The maximum Gasteiger partial charge on any atom is 0.222 e. The zero-order chi connectivity index (χ0) is 22.1. The summed E-state index contributed by atoms with van der Waals surface area (Å²) in [6.07, 6.45) is 4.90. The Balaban J connectivity index is 2.46. The maximum atomic E-state index is 12.5. The molecule has 0 atom stereocenters.